The number of para-hydroxylation sites is 1. The zero-order valence-electron chi connectivity index (χ0n) is 14.4. The van der Waals surface area contributed by atoms with E-state index >= 15 is 0 Å². The molecule has 0 spiro atoms. The van der Waals surface area contributed by atoms with Crippen LogP contribution in [0.1, 0.15) is 27.7 Å². The minimum absolute atomic E-state index is 0.0167. The molecule has 5 atom stereocenters. The SMILES string of the molecule is CC(=O)OCC1O[C@H](Oc2ccccc2)C(OC(C)=O)[C@@H](C)[C@@H]1C. The molecular formula is C18H24O6. The van der Waals surface area contributed by atoms with Gasteiger partial charge >= 0.3 is 11.9 Å². The highest BCUT2D eigenvalue weighted by Crippen LogP contribution is 2.34. The fourth-order valence-corrected chi connectivity index (χ4v) is 2.73. The van der Waals surface area contributed by atoms with Gasteiger partial charge in [0.05, 0.1) is 6.10 Å². The van der Waals surface area contributed by atoms with Gasteiger partial charge in [0, 0.05) is 19.8 Å². The van der Waals surface area contributed by atoms with Crippen molar-refractivity contribution in [3.8, 4) is 5.75 Å². The van der Waals surface area contributed by atoms with E-state index in [1.807, 2.05) is 32.0 Å². The van der Waals surface area contributed by atoms with Crippen molar-refractivity contribution in [1.82, 2.24) is 0 Å². The Morgan fingerprint density at radius 1 is 1.04 bits per heavy atom. The van der Waals surface area contributed by atoms with Crippen LogP contribution >= 0.6 is 0 Å². The monoisotopic (exact) mass is 336 g/mol. The molecule has 0 aliphatic carbocycles. The third kappa shape index (κ3) is 4.71. The second-order valence-corrected chi connectivity index (χ2v) is 6.07. The highest BCUT2D eigenvalue weighted by atomic mass is 16.7. The van der Waals surface area contributed by atoms with Crippen molar-refractivity contribution in [3.05, 3.63) is 30.3 Å². The Bertz CT molecular complexity index is 556. The Hall–Kier alpha value is -2.08. The molecule has 1 aliphatic heterocycles. The van der Waals surface area contributed by atoms with Crippen molar-refractivity contribution < 1.29 is 28.5 Å². The molecule has 2 unspecified atom stereocenters. The van der Waals surface area contributed by atoms with Gasteiger partial charge in [-0.15, -0.1) is 0 Å². The summed E-state index contributed by atoms with van der Waals surface area (Å²) in [4.78, 5) is 22.5. The summed E-state index contributed by atoms with van der Waals surface area (Å²) in [5.41, 5.74) is 0. The summed E-state index contributed by atoms with van der Waals surface area (Å²) in [6, 6.07) is 9.19. The zero-order chi connectivity index (χ0) is 17.7. The van der Waals surface area contributed by atoms with Crippen molar-refractivity contribution in [3.63, 3.8) is 0 Å². The van der Waals surface area contributed by atoms with E-state index in [1.165, 1.54) is 13.8 Å². The van der Waals surface area contributed by atoms with Gasteiger partial charge in [-0.2, -0.15) is 0 Å². The molecule has 0 N–H and O–H groups in total. The summed E-state index contributed by atoms with van der Waals surface area (Å²) in [5, 5.41) is 0. The van der Waals surface area contributed by atoms with Crippen LogP contribution in [0.25, 0.3) is 0 Å². The molecule has 1 aromatic rings. The predicted molar refractivity (Wildman–Crippen MR) is 86.2 cm³/mol. The van der Waals surface area contributed by atoms with Gasteiger partial charge in [-0.3, -0.25) is 9.59 Å². The number of benzene rings is 1. The molecule has 6 nitrogen and oxygen atoms in total. The van der Waals surface area contributed by atoms with Gasteiger partial charge in [0.1, 0.15) is 12.4 Å². The average Bonchev–Trinajstić information content (AvgIpc) is 2.53. The van der Waals surface area contributed by atoms with Crippen LogP contribution in [0, 0.1) is 11.8 Å². The number of hydrogen-bond donors (Lipinski definition) is 0. The van der Waals surface area contributed by atoms with Gasteiger partial charge in [-0.1, -0.05) is 32.0 Å². The van der Waals surface area contributed by atoms with Crippen molar-refractivity contribution >= 4 is 11.9 Å². The Morgan fingerprint density at radius 2 is 1.71 bits per heavy atom. The molecular weight excluding hydrogens is 312 g/mol. The minimum atomic E-state index is -0.761. The first kappa shape index (κ1) is 18.3. The van der Waals surface area contributed by atoms with Crippen molar-refractivity contribution in [2.24, 2.45) is 11.8 Å². The lowest BCUT2D eigenvalue weighted by Crippen LogP contribution is -2.54. The second-order valence-electron chi connectivity index (χ2n) is 6.07. The van der Waals surface area contributed by atoms with Crippen LogP contribution in [0.3, 0.4) is 0 Å². The molecule has 0 saturated carbocycles. The molecule has 132 valence electrons. The van der Waals surface area contributed by atoms with Gasteiger partial charge in [-0.25, -0.2) is 0 Å². The van der Waals surface area contributed by atoms with Gasteiger partial charge in [-0.05, 0) is 18.1 Å². The van der Waals surface area contributed by atoms with Gasteiger partial charge in [0.25, 0.3) is 0 Å². The Morgan fingerprint density at radius 3 is 2.29 bits per heavy atom. The topological polar surface area (TPSA) is 71.1 Å². The molecule has 1 aliphatic rings. The summed E-state index contributed by atoms with van der Waals surface area (Å²) in [6.45, 7) is 6.82. The third-order valence-electron chi connectivity index (χ3n) is 4.26. The van der Waals surface area contributed by atoms with E-state index in [4.69, 9.17) is 18.9 Å². The summed E-state index contributed by atoms with van der Waals surface area (Å²) in [5.74, 6) is -0.113. The van der Waals surface area contributed by atoms with E-state index in [2.05, 4.69) is 0 Å². The molecule has 24 heavy (non-hydrogen) atoms. The summed E-state index contributed by atoms with van der Waals surface area (Å²) in [7, 11) is 0. The minimum Gasteiger partial charge on any atom is -0.463 e. The quantitative estimate of drug-likeness (QED) is 0.770. The maximum atomic E-state index is 11.5. The molecule has 6 heteroatoms. The second kappa shape index (κ2) is 8.15. The molecule has 0 radical (unpaired) electrons. The van der Waals surface area contributed by atoms with E-state index in [1.54, 1.807) is 12.1 Å². The Kier molecular flexibility index (Phi) is 6.20. The van der Waals surface area contributed by atoms with Crippen LogP contribution in [0.5, 0.6) is 5.75 Å². The number of carbonyl (C=O) groups excluding carboxylic acids is 2. The lowest BCUT2D eigenvalue weighted by molar-refractivity contribution is -0.253. The molecule has 0 bridgehead atoms. The number of ether oxygens (including phenoxy) is 4. The Balaban J connectivity index is 2.16. The number of rotatable bonds is 5. The molecule has 1 saturated heterocycles. The maximum absolute atomic E-state index is 11.5. The van der Waals surface area contributed by atoms with E-state index in [9.17, 15) is 9.59 Å². The molecule has 0 aromatic heterocycles. The van der Waals surface area contributed by atoms with Crippen molar-refractivity contribution in [1.29, 1.82) is 0 Å². The van der Waals surface area contributed by atoms with Gasteiger partial charge in [0.2, 0.25) is 6.29 Å². The first-order chi connectivity index (χ1) is 11.4. The van der Waals surface area contributed by atoms with E-state index in [0.29, 0.717) is 5.75 Å². The smallest absolute Gasteiger partial charge is 0.303 e. The van der Waals surface area contributed by atoms with E-state index < -0.39 is 12.4 Å². The molecule has 1 aromatic carbocycles. The number of carbonyl (C=O) groups is 2. The fourth-order valence-electron chi connectivity index (χ4n) is 2.73. The standard InChI is InChI=1S/C18H24O6/c1-11-12(2)17(22-14(4)20)18(23-15-8-6-5-7-9-15)24-16(11)10-21-13(3)19/h5-9,11-12,16-18H,10H2,1-4H3/t11-,12-,16?,17?,18-/m0/s1. The number of esters is 2. The van der Waals surface area contributed by atoms with Crippen LogP contribution < -0.4 is 4.74 Å². The predicted octanol–water partition coefficient (Wildman–Crippen LogP) is 2.56. The van der Waals surface area contributed by atoms with Crippen LogP contribution in [-0.2, 0) is 23.8 Å². The molecule has 1 heterocycles. The summed E-state index contributed by atoms with van der Waals surface area (Å²) >= 11 is 0. The normalized spacial score (nSPS) is 29.6. The summed E-state index contributed by atoms with van der Waals surface area (Å²) < 4.78 is 22.4. The largest absolute Gasteiger partial charge is 0.463 e. The van der Waals surface area contributed by atoms with Gasteiger partial charge in [0.15, 0.2) is 6.10 Å². The van der Waals surface area contributed by atoms with Crippen LogP contribution in [0.2, 0.25) is 0 Å². The fraction of sp³-hybridized carbons (Fsp3) is 0.556. The maximum Gasteiger partial charge on any atom is 0.303 e. The van der Waals surface area contributed by atoms with E-state index in [-0.39, 0.29) is 36.5 Å². The van der Waals surface area contributed by atoms with Gasteiger partial charge < -0.3 is 18.9 Å². The summed E-state index contributed by atoms with van der Waals surface area (Å²) in [6.07, 6.45) is -1.63. The lowest BCUT2D eigenvalue weighted by Gasteiger charge is -2.43. The number of hydrogen-bond acceptors (Lipinski definition) is 6. The molecule has 2 rings (SSSR count). The first-order valence-corrected chi connectivity index (χ1v) is 8.06. The average molecular weight is 336 g/mol. The highest BCUT2D eigenvalue weighted by Gasteiger charge is 2.45. The van der Waals surface area contributed by atoms with Crippen LogP contribution in [0.15, 0.2) is 30.3 Å². The zero-order valence-corrected chi connectivity index (χ0v) is 14.4. The van der Waals surface area contributed by atoms with Crippen molar-refractivity contribution in [2.75, 3.05) is 6.61 Å². The van der Waals surface area contributed by atoms with E-state index in [0.717, 1.165) is 0 Å². The van der Waals surface area contributed by atoms with Crippen molar-refractivity contribution in [2.45, 2.75) is 46.2 Å². The molecule has 0 amide bonds. The lowest BCUT2D eigenvalue weighted by atomic mass is 9.83. The molecule has 1 fully saturated rings. The van der Waals surface area contributed by atoms with Crippen LogP contribution in [-0.4, -0.2) is 37.0 Å². The first-order valence-electron chi connectivity index (χ1n) is 8.06. The van der Waals surface area contributed by atoms with Crippen LogP contribution in [0.4, 0.5) is 0 Å². The third-order valence-corrected chi connectivity index (χ3v) is 4.26. The Labute approximate surface area is 142 Å². The highest BCUT2D eigenvalue weighted by molar-refractivity contribution is 5.66.